The maximum Gasteiger partial charge on any atom is 0.317 e. The van der Waals surface area contributed by atoms with Crippen molar-refractivity contribution in [1.82, 2.24) is 15.1 Å². The monoisotopic (exact) mass is 355 g/mol. The molecule has 1 heterocycles. The molecule has 1 aromatic carbocycles. The van der Waals surface area contributed by atoms with Crippen LogP contribution in [0.3, 0.4) is 0 Å². The average Bonchev–Trinajstić information content (AvgIpc) is 2.79. The maximum absolute atomic E-state index is 12.2. The van der Waals surface area contributed by atoms with Gasteiger partial charge in [0.15, 0.2) is 0 Å². The minimum absolute atomic E-state index is 0.0490. The third-order valence-corrected chi connectivity index (χ3v) is 4.95. The van der Waals surface area contributed by atoms with Gasteiger partial charge in [0, 0.05) is 55.3 Å². The highest BCUT2D eigenvalue weighted by Crippen LogP contribution is 2.19. The number of thioether (sulfide) groups is 1. The molecule has 1 aliphatic rings. The molecule has 0 spiro atoms. The van der Waals surface area contributed by atoms with Crippen LogP contribution in [0.2, 0.25) is 5.02 Å². The summed E-state index contributed by atoms with van der Waals surface area (Å²) in [5.74, 6) is 0.882. The Labute approximate surface area is 146 Å². The number of nitrogens with one attached hydrogen (secondary N) is 1. The fourth-order valence-corrected chi connectivity index (χ4v) is 3.30. The Bertz CT molecular complexity index is 539. The molecule has 2 rings (SSSR count). The summed E-state index contributed by atoms with van der Waals surface area (Å²) in [6, 6.07) is 7.62. The predicted octanol–water partition coefficient (Wildman–Crippen LogP) is 2.70. The Morgan fingerprint density at radius 2 is 1.78 bits per heavy atom. The van der Waals surface area contributed by atoms with Gasteiger partial charge in [-0.2, -0.15) is 0 Å². The lowest BCUT2D eigenvalue weighted by Crippen LogP contribution is -2.43. The lowest BCUT2D eigenvalue weighted by Gasteiger charge is -2.21. The van der Waals surface area contributed by atoms with Crippen LogP contribution in [-0.2, 0) is 4.79 Å². The summed E-state index contributed by atoms with van der Waals surface area (Å²) in [4.78, 5) is 28.3. The molecule has 0 atom stereocenters. The molecule has 3 amide bonds. The van der Waals surface area contributed by atoms with Gasteiger partial charge in [0.2, 0.25) is 5.91 Å². The SMILES string of the molecule is CC(=O)N1CCCN(C(=O)NCCSc2ccc(Cl)cc2)CC1. The quantitative estimate of drug-likeness (QED) is 0.667. The van der Waals surface area contributed by atoms with E-state index in [1.54, 1.807) is 28.5 Å². The van der Waals surface area contributed by atoms with Crippen molar-refractivity contribution in [2.45, 2.75) is 18.2 Å². The number of carbonyl (C=O) groups excluding carboxylic acids is 2. The minimum Gasteiger partial charge on any atom is -0.341 e. The molecule has 0 aliphatic carbocycles. The Morgan fingerprint density at radius 3 is 2.48 bits per heavy atom. The number of benzene rings is 1. The number of urea groups is 1. The van der Waals surface area contributed by atoms with Crippen LogP contribution >= 0.6 is 23.4 Å². The molecular formula is C16H22ClN3O2S. The second-order valence-corrected chi connectivity index (χ2v) is 6.99. The van der Waals surface area contributed by atoms with Crippen LogP contribution in [0.25, 0.3) is 0 Å². The van der Waals surface area contributed by atoms with Gasteiger partial charge in [0.25, 0.3) is 0 Å². The van der Waals surface area contributed by atoms with Gasteiger partial charge in [-0.15, -0.1) is 11.8 Å². The normalized spacial score (nSPS) is 15.2. The van der Waals surface area contributed by atoms with Gasteiger partial charge in [-0.1, -0.05) is 11.6 Å². The van der Waals surface area contributed by atoms with Crippen LogP contribution in [0.15, 0.2) is 29.2 Å². The zero-order valence-electron chi connectivity index (χ0n) is 13.3. The predicted molar refractivity (Wildman–Crippen MR) is 94.0 cm³/mol. The first-order chi connectivity index (χ1) is 11.1. The second kappa shape index (κ2) is 9.03. The Balaban J connectivity index is 1.68. The van der Waals surface area contributed by atoms with E-state index in [-0.39, 0.29) is 11.9 Å². The summed E-state index contributed by atoms with van der Waals surface area (Å²) in [5.41, 5.74) is 0. The largest absolute Gasteiger partial charge is 0.341 e. The standard InChI is InChI=1S/C16H22ClN3O2S/c1-13(21)19-8-2-9-20(11-10-19)16(22)18-7-12-23-15-5-3-14(17)4-6-15/h3-6H,2,7-12H2,1H3,(H,18,22). The molecular weight excluding hydrogens is 334 g/mol. The summed E-state index contributed by atoms with van der Waals surface area (Å²) in [6.45, 7) is 4.81. The highest BCUT2D eigenvalue weighted by atomic mass is 35.5. The molecule has 1 aromatic rings. The van der Waals surface area contributed by atoms with Crippen molar-refractivity contribution in [3.05, 3.63) is 29.3 Å². The van der Waals surface area contributed by atoms with E-state index in [1.807, 2.05) is 24.3 Å². The maximum atomic E-state index is 12.2. The van der Waals surface area contributed by atoms with Gasteiger partial charge in [0.1, 0.15) is 0 Å². The third-order valence-electron chi connectivity index (χ3n) is 3.69. The van der Waals surface area contributed by atoms with Gasteiger partial charge < -0.3 is 15.1 Å². The molecule has 23 heavy (non-hydrogen) atoms. The summed E-state index contributed by atoms with van der Waals surface area (Å²) in [7, 11) is 0. The van der Waals surface area contributed by atoms with E-state index >= 15 is 0 Å². The number of carbonyl (C=O) groups is 2. The Kier molecular flexibility index (Phi) is 7.05. The fraction of sp³-hybridized carbons (Fsp3) is 0.500. The Hall–Kier alpha value is -1.40. The van der Waals surface area contributed by atoms with Gasteiger partial charge in [-0.25, -0.2) is 4.79 Å². The van der Waals surface area contributed by atoms with Crippen LogP contribution in [-0.4, -0.2) is 60.2 Å². The average molecular weight is 356 g/mol. The van der Waals surface area contributed by atoms with E-state index in [0.717, 1.165) is 28.6 Å². The fourth-order valence-electron chi connectivity index (χ4n) is 2.40. The molecule has 0 aromatic heterocycles. The molecule has 5 nitrogen and oxygen atoms in total. The molecule has 126 valence electrons. The van der Waals surface area contributed by atoms with Gasteiger partial charge in [0.05, 0.1) is 0 Å². The van der Waals surface area contributed by atoms with Crippen LogP contribution in [0, 0.1) is 0 Å². The zero-order chi connectivity index (χ0) is 16.7. The first kappa shape index (κ1) is 17.9. The van der Waals surface area contributed by atoms with E-state index in [1.165, 1.54) is 0 Å². The van der Waals surface area contributed by atoms with Gasteiger partial charge >= 0.3 is 6.03 Å². The number of hydrogen-bond acceptors (Lipinski definition) is 3. The van der Waals surface area contributed by atoms with Crippen molar-refractivity contribution >= 4 is 35.3 Å². The molecule has 1 N–H and O–H groups in total. The number of amides is 3. The van der Waals surface area contributed by atoms with E-state index in [9.17, 15) is 9.59 Å². The second-order valence-electron chi connectivity index (χ2n) is 5.38. The summed E-state index contributed by atoms with van der Waals surface area (Å²) in [6.07, 6.45) is 0.826. The lowest BCUT2D eigenvalue weighted by atomic mass is 10.4. The van der Waals surface area contributed by atoms with Crippen LogP contribution < -0.4 is 5.32 Å². The number of halogens is 1. The molecule has 1 saturated heterocycles. The van der Waals surface area contributed by atoms with Crippen LogP contribution in [0.1, 0.15) is 13.3 Å². The van der Waals surface area contributed by atoms with Crippen molar-refractivity contribution in [3.63, 3.8) is 0 Å². The summed E-state index contributed by atoms with van der Waals surface area (Å²) >= 11 is 7.53. The first-order valence-electron chi connectivity index (χ1n) is 7.73. The van der Waals surface area contributed by atoms with E-state index in [2.05, 4.69) is 5.32 Å². The van der Waals surface area contributed by atoms with Crippen LogP contribution in [0.4, 0.5) is 4.79 Å². The van der Waals surface area contributed by atoms with E-state index in [4.69, 9.17) is 11.6 Å². The van der Waals surface area contributed by atoms with Crippen molar-refractivity contribution in [2.75, 3.05) is 38.5 Å². The summed E-state index contributed by atoms with van der Waals surface area (Å²) < 4.78 is 0. The molecule has 0 saturated carbocycles. The molecule has 1 fully saturated rings. The zero-order valence-corrected chi connectivity index (χ0v) is 14.8. The lowest BCUT2D eigenvalue weighted by molar-refractivity contribution is -0.128. The number of hydrogen-bond donors (Lipinski definition) is 1. The van der Waals surface area contributed by atoms with E-state index < -0.39 is 0 Å². The summed E-state index contributed by atoms with van der Waals surface area (Å²) in [5, 5.41) is 3.67. The molecule has 7 heteroatoms. The molecule has 0 radical (unpaired) electrons. The number of nitrogens with zero attached hydrogens (tertiary/aromatic N) is 2. The highest BCUT2D eigenvalue weighted by Gasteiger charge is 2.19. The molecule has 0 bridgehead atoms. The molecule has 0 unspecified atom stereocenters. The van der Waals surface area contributed by atoms with Crippen molar-refractivity contribution < 1.29 is 9.59 Å². The van der Waals surface area contributed by atoms with Gasteiger partial charge in [-0.3, -0.25) is 4.79 Å². The van der Waals surface area contributed by atoms with E-state index in [0.29, 0.717) is 26.2 Å². The minimum atomic E-state index is -0.0490. The highest BCUT2D eigenvalue weighted by molar-refractivity contribution is 7.99. The molecule has 1 aliphatic heterocycles. The topological polar surface area (TPSA) is 52.7 Å². The Morgan fingerprint density at radius 1 is 1.13 bits per heavy atom. The van der Waals surface area contributed by atoms with Crippen LogP contribution in [0.5, 0.6) is 0 Å². The number of rotatable bonds is 4. The van der Waals surface area contributed by atoms with Gasteiger partial charge in [-0.05, 0) is 30.7 Å². The van der Waals surface area contributed by atoms with Crippen molar-refractivity contribution in [2.24, 2.45) is 0 Å². The smallest absolute Gasteiger partial charge is 0.317 e. The first-order valence-corrected chi connectivity index (χ1v) is 9.09. The third kappa shape index (κ3) is 5.95. The van der Waals surface area contributed by atoms with Crippen molar-refractivity contribution in [1.29, 1.82) is 0 Å². The van der Waals surface area contributed by atoms with Crippen molar-refractivity contribution in [3.8, 4) is 0 Å².